The Hall–Kier alpha value is 0. The van der Waals surface area contributed by atoms with E-state index in [1.807, 2.05) is 0 Å². The summed E-state index contributed by atoms with van der Waals surface area (Å²) in [5, 5.41) is 0. The number of rotatable bonds is 1. The fourth-order valence-corrected chi connectivity index (χ4v) is 6.27. The average molecular weight is 222 g/mol. The van der Waals surface area contributed by atoms with Gasteiger partial charge in [0.15, 0.2) is 0 Å². The summed E-state index contributed by atoms with van der Waals surface area (Å²) in [5.41, 5.74) is 1.63. The smallest absolute Gasteiger partial charge is 0.0215 e. The molecule has 16 heavy (non-hydrogen) atoms. The Labute approximate surface area is 102 Å². The number of fused-ring (bicyclic) bond motifs is 2. The standard InChI is InChI=1S/C16H30/c1-10(2)13-11(3)16(8)12(4)15(13,7)9-14(16,5)6/h10-13H,9H2,1-8H3. The van der Waals surface area contributed by atoms with Crippen molar-refractivity contribution in [2.75, 3.05) is 0 Å². The summed E-state index contributed by atoms with van der Waals surface area (Å²) >= 11 is 0. The highest BCUT2D eigenvalue weighted by Crippen LogP contribution is 2.77. The van der Waals surface area contributed by atoms with Gasteiger partial charge in [-0.3, -0.25) is 0 Å². The first-order valence-electron chi connectivity index (χ1n) is 7.09. The van der Waals surface area contributed by atoms with Crippen LogP contribution in [-0.4, -0.2) is 0 Å². The minimum Gasteiger partial charge on any atom is -0.0625 e. The highest BCUT2D eigenvalue weighted by atomic mass is 14.8. The van der Waals surface area contributed by atoms with Gasteiger partial charge in [0, 0.05) is 0 Å². The lowest BCUT2D eigenvalue weighted by molar-refractivity contribution is -0.0158. The van der Waals surface area contributed by atoms with Gasteiger partial charge in [-0.1, -0.05) is 55.4 Å². The van der Waals surface area contributed by atoms with Crippen molar-refractivity contribution in [3.05, 3.63) is 0 Å². The quantitative estimate of drug-likeness (QED) is 0.586. The van der Waals surface area contributed by atoms with Crippen LogP contribution in [0, 0.1) is 39.9 Å². The normalized spacial score (nSPS) is 54.9. The first-order chi connectivity index (χ1) is 7.09. The van der Waals surface area contributed by atoms with E-state index in [9.17, 15) is 0 Å². The first-order valence-corrected chi connectivity index (χ1v) is 7.09. The van der Waals surface area contributed by atoms with Gasteiger partial charge in [0.2, 0.25) is 0 Å². The topological polar surface area (TPSA) is 0 Å². The Balaban J connectivity index is 2.52. The summed E-state index contributed by atoms with van der Waals surface area (Å²) in [6.45, 7) is 20.0. The highest BCUT2D eigenvalue weighted by Gasteiger charge is 2.71. The van der Waals surface area contributed by atoms with Crippen LogP contribution in [-0.2, 0) is 0 Å². The molecular weight excluding hydrogens is 192 g/mol. The summed E-state index contributed by atoms with van der Waals surface area (Å²) in [6.07, 6.45) is 1.42. The van der Waals surface area contributed by atoms with Gasteiger partial charge in [-0.2, -0.15) is 0 Å². The summed E-state index contributed by atoms with van der Waals surface area (Å²) in [5.74, 6) is 3.49. The number of hydrogen-bond acceptors (Lipinski definition) is 0. The molecule has 0 nitrogen and oxygen atoms in total. The van der Waals surface area contributed by atoms with Crippen molar-refractivity contribution in [1.82, 2.24) is 0 Å². The van der Waals surface area contributed by atoms with Crippen molar-refractivity contribution in [3.8, 4) is 0 Å². The third kappa shape index (κ3) is 1.07. The van der Waals surface area contributed by atoms with Gasteiger partial charge in [0.1, 0.15) is 0 Å². The fraction of sp³-hybridized carbons (Fsp3) is 1.00. The van der Waals surface area contributed by atoms with Crippen LogP contribution in [0.2, 0.25) is 0 Å². The van der Waals surface area contributed by atoms with Crippen LogP contribution in [0.1, 0.15) is 61.8 Å². The predicted octanol–water partition coefficient (Wildman–Crippen LogP) is 4.99. The summed E-state index contributed by atoms with van der Waals surface area (Å²) in [6, 6.07) is 0. The second-order valence-electron chi connectivity index (χ2n) is 8.13. The Kier molecular flexibility index (Phi) is 2.38. The van der Waals surface area contributed by atoms with Crippen molar-refractivity contribution in [1.29, 1.82) is 0 Å². The maximum absolute atomic E-state index is 2.57. The molecule has 2 bridgehead atoms. The molecule has 0 saturated heterocycles. The second-order valence-corrected chi connectivity index (χ2v) is 8.13. The maximum atomic E-state index is 2.57. The van der Waals surface area contributed by atoms with Crippen molar-refractivity contribution < 1.29 is 0 Å². The average Bonchev–Trinajstić information content (AvgIpc) is 2.32. The predicted molar refractivity (Wildman–Crippen MR) is 71.3 cm³/mol. The van der Waals surface area contributed by atoms with Gasteiger partial charge >= 0.3 is 0 Å². The van der Waals surface area contributed by atoms with E-state index in [0.717, 1.165) is 23.7 Å². The third-order valence-corrected chi connectivity index (χ3v) is 7.13. The van der Waals surface area contributed by atoms with Crippen molar-refractivity contribution in [3.63, 3.8) is 0 Å². The molecule has 0 radical (unpaired) electrons. The molecular formula is C16H30. The zero-order chi connectivity index (χ0) is 12.5. The Bertz CT molecular complexity index is 301. The molecule has 94 valence electrons. The molecule has 5 unspecified atom stereocenters. The van der Waals surface area contributed by atoms with Crippen molar-refractivity contribution >= 4 is 0 Å². The fourth-order valence-electron chi connectivity index (χ4n) is 6.27. The Morgan fingerprint density at radius 3 is 1.81 bits per heavy atom. The van der Waals surface area contributed by atoms with Gasteiger partial charge in [-0.05, 0) is 46.3 Å². The van der Waals surface area contributed by atoms with Crippen LogP contribution in [0.3, 0.4) is 0 Å². The zero-order valence-corrected chi connectivity index (χ0v) is 12.5. The molecule has 0 heteroatoms. The molecule has 2 aliphatic carbocycles. The van der Waals surface area contributed by atoms with E-state index in [-0.39, 0.29) is 0 Å². The Morgan fingerprint density at radius 1 is 1.00 bits per heavy atom. The van der Waals surface area contributed by atoms with Gasteiger partial charge < -0.3 is 0 Å². The van der Waals surface area contributed by atoms with Crippen LogP contribution < -0.4 is 0 Å². The van der Waals surface area contributed by atoms with Gasteiger partial charge in [-0.15, -0.1) is 0 Å². The monoisotopic (exact) mass is 222 g/mol. The molecule has 0 aliphatic heterocycles. The second kappa shape index (κ2) is 3.06. The van der Waals surface area contributed by atoms with E-state index in [1.165, 1.54) is 6.42 Å². The van der Waals surface area contributed by atoms with Gasteiger partial charge in [-0.25, -0.2) is 0 Å². The van der Waals surface area contributed by atoms with Gasteiger partial charge in [0.05, 0.1) is 0 Å². The molecule has 0 aromatic rings. The van der Waals surface area contributed by atoms with E-state index in [1.54, 1.807) is 0 Å². The number of hydrogen-bond donors (Lipinski definition) is 0. The lowest BCUT2D eigenvalue weighted by atomic mass is 9.55. The first kappa shape index (κ1) is 12.5. The van der Waals surface area contributed by atoms with E-state index in [2.05, 4.69) is 55.4 Å². The van der Waals surface area contributed by atoms with Crippen LogP contribution in [0.25, 0.3) is 0 Å². The lowest BCUT2D eigenvalue weighted by Gasteiger charge is -2.50. The van der Waals surface area contributed by atoms with E-state index < -0.39 is 0 Å². The van der Waals surface area contributed by atoms with Crippen molar-refractivity contribution in [2.45, 2.75) is 61.8 Å². The molecule has 0 aromatic carbocycles. The molecule has 0 N–H and O–H groups in total. The summed E-state index contributed by atoms with van der Waals surface area (Å²) in [4.78, 5) is 0. The molecule has 0 heterocycles. The van der Waals surface area contributed by atoms with E-state index in [4.69, 9.17) is 0 Å². The van der Waals surface area contributed by atoms with Crippen LogP contribution in [0.4, 0.5) is 0 Å². The van der Waals surface area contributed by atoms with Crippen LogP contribution in [0.15, 0.2) is 0 Å². The SMILES string of the molecule is CC(C)C1C(C)C2(C)C(C)C1(C)CC2(C)C. The molecule has 2 rings (SSSR count). The third-order valence-electron chi connectivity index (χ3n) is 7.13. The molecule has 2 aliphatic rings. The Morgan fingerprint density at radius 2 is 1.50 bits per heavy atom. The summed E-state index contributed by atoms with van der Waals surface area (Å²) < 4.78 is 0. The summed E-state index contributed by atoms with van der Waals surface area (Å²) in [7, 11) is 0. The highest BCUT2D eigenvalue weighted by molar-refractivity contribution is 5.19. The molecule has 2 fully saturated rings. The molecule has 0 amide bonds. The van der Waals surface area contributed by atoms with E-state index >= 15 is 0 Å². The van der Waals surface area contributed by atoms with Crippen LogP contribution >= 0.6 is 0 Å². The lowest BCUT2D eigenvalue weighted by Crippen LogP contribution is -2.43. The van der Waals surface area contributed by atoms with E-state index in [0.29, 0.717) is 16.2 Å². The van der Waals surface area contributed by atoms with Crippen LogP contribution in [0.5, 0.6) is 0 Å². The molecule has 0 spiro atoms. The molecule has 0 aromatic heterocycles. The van der Waals surface area contributed by atoms with Crippen molar-refractivity contribution in [2.24, 2.45) is 39.9 Å². The minimum atomic E-state index is 0.520. The zero-order valence-electron chi connectivity index (χ0n) is 12.5. The molecule has 2 saturated carbocycles. The van der Waals surface area contributed by atoms with Gasteiger partial charge in [0.25, 0.3) is 0 Å². The largest absolute Gasteiger partial charge is 0.0625 e. The molecule has 5 atom stereocenters. The maximum Gasteiger partial charge on any atom is -0.0215 e. The minimum absolute atomic E-state index is 0.520.